The highest BCUT2D eigenvalue weighted by molar-refractivity contribution is 5.52. The number of benzene rings is 1. The molecule has 1 aromatic carbocycles. The van der Waals surface area contributed by atoms with Crippen LogP contribution in [0.2, 0.25) is 0 Å². The molecule has 4 N–H and O–H groups in total. The summed E-state index contributed by atoms with van der Waals surface area (Å²) in [6.45, 7) is 3.59. The van der Waals surface area contributed by atoms with E-state index in [0.717, 1.165) is 11.1 Å². The Balaban J connectivity index is 3.16. The van der Waals surface area contributed by atoms with Gasteiger partial charge in [-0.1, -0.05) is 6.07 Å². The van der Waals surface area contributed by atoms with Gasteiger partial charge in [0.25, 0.3) is 0 Å². The van der Waals surface area contributed by atoms with E-state index in [9.17, 15) is 10.2 Å². The Morgan fingerprint density at radius 2 is 1.87 bits per heavy atom. The molecule has 0 spiro atoms. The van der Waals surface area contributed by atoms with Crippen molar-refractivity contribution in [1.82, 2.24) is 0 Å². The maximum Gasteiger partial charge on any atom is 0.170 e. The van der Waals surface area contributed by atoms with Gasteiger partial charge in [-0.25, -0.2) is 0 Å². The summed E-state index contributed by atoms with van der Waals surface area (Å²) >= 11 is 0. The third-order valence-corrected chi connectivity index (χ3v) is 2.40. The molecular weight excluding hydrogens is 192 g/mol. The highest BCUT2D eigenvalue weighted by Gasteiger charge is 2.19. The topological polar surface area (TPSA) is 90.3 Å². The number of rotatable bonds is 2. The standard InChI is InChI=1S/C11H14N2O2/c1-6-4-9(13)7(2)3-8(6)11(15)10(14)5-12/h3-4,10-11,14-15H,13H2,1-2H3. The van der Waals surface area contributed by atoms with Crippen LogP contribution >= 0.6 is 0 Å². The minimum atomic E-state index is -1.41. The van der Waals surface area contributed by atoms with Crippen LogP contribution in [0, 0.1) is 25.2 Å². The largest absolute Gasteiger partial charge is 0.399 e. The van der Waals surface area contributed by atoms with Crippen LogP contribution in [0.1, 0.15) is 22.8 Å². The first-order valence-electron chi connectivity index (χ1n) is 4.59. The van der Waals surface area contributed by atoms with Gasteiger partial charge in [0.1, 0.15) is 6.10 Å². The Hall–Kier alpha value is -1.57. The molecule has 1 aromatic rings. The fraction of sp³-hybridized carbons (Fsp3) is 0.364. The lowest BCUT2D eigenvalue weighted by Gasteiger charge is -2.16. The van der Waals surface area contributed by atoms with Gasteiger partial charge in [0, 0.05) is 5.69 Å². The second-order valence-electron chi connectivity index (χ2n) is 3.58. The molecule has 0 amide bonds. The number of nitriles is 1. The van der Waals surface area contributed by atoms with Gasteiger partial charge in [0.05, 0.1) is 6.07 Å². The molecule has 0 aliphatic heterocycles. The summed E-state index contributed by atoms with van der Waals surface area (Å²) in [6, 6.07) is 5.01. The second kappa shape index (κ2) is 4.30. The third-order valence-electron chi connectivity index (χ3n) is 2.40. The van der Waals surface area contributed by atoms with Crippen molar-refractivity contribution >= 4 is 5.69 Å². The van der Waals surface area contributed by atoms with Crippen molar-refractivity contribution in [3.05, 3.63) is 28.8 Å². The smallest absolute Gasteiger partial charge is 0.170 e. The van der Waals surface area contributed by atoms with Crippen molar-refractivity contribution in [3.8, 4) is 6.07 Å². The van der Waals surface area contributed by atoms with Gasteiger partial charge in [0.15, 0.2) is 6.10 Å². The van der Waals surface area contributed by atoms with Gasteiger partial charge < -0.3 is 15.9 Å². The number of nitrogen functional groups attached to an aromatic ring is 1. The van der Waals surface area contributed by atoms with Gasteiger partial charge in [-0.3, -0.25) is 0 Å². The zero-order valence-electron chi connectivity index (χ0n) is 8.73. The molecule has 2 unspecified atom stereocenters. The predicted molar refractivity (Wildman–Crippen MR) is 56.9 cm³/mol. The van der Waals surface area contributed by atoms with E-state index in [1.54, 1.807) is 25.1 Å². The van der Waals surface area contributed by atoms with Gasteiger partial charge in [-0.15, -0.1) is 0 Å². The normalized spacial score (nSPS) is 14.3. The van der Waals surface area contributed by atoms with E-state index >= 15 is 0 Å². The van der Waals surface area contributed by atoms with Crippen LogP contribution in [0.3, 0.4) is 0 Å². The van der Waals surface area contributed by atoms with Crippen LogP contribution in [-0.4, -0.2) is 16.3 Å². The summed E-state index contributed by atoms with van der Waals surface area (Å²) < 4.78 is 0. The molecule has 1 rings (SSSR count). The van der Waals surface area contributed by atoms with Crippen LogP contribution in [0.25, 0.3) is 0 Å². The quantitative estimate of drug-likeness (QED) is 0.493. The van der Waals surface area contributed by atoms with Crippen LogP contribution in [0.4, 0.5) is 5.69 Å². The van der Waals surface area contributed by atoms with E-state index in [1.807, 2.05) is 6.92 Å². The molecule has 4 nitrogen and oxygen atoms in total. The van der Waals surface area contributed by atoms with E-state index in [4.69, 9.17) is 11.0 Å². The Bertz CT molecular complexity index is 410. The van der Waals surface area contributed by atoms with E-state index in [0.29, 0.717) is 11.3 Å². The first-order valence-corrected chi connectivity index (χ1v) is 4.59. The summed E-state index contributed by atoms with van der Waals surface area (Å²) in [5.74, 6) is 0. The van der Waals surface area contributed by atoms with E-state index in [1.165, 1.54) is 0 Å². The summed E-state index contributed by atoms with van der Waals surface area (Å²) in [5.41, 5.74) is 8.44. The predicted octanol–water partition coefficient (Wildman–Crippen LogP) is 0.804. The maximum absolute atomic E-state index is 9.67. The number of nitrogens with zero attached hydrogens (tertiary/aromatic N) is 1. The van der Waals surface area contributed by atoms with Crippen LogP contribution in [-0.2, 0) is 0 Å². The fourth-order valence-corrected chi connectivity index (χ4v) is 1.42. The minimum Gasteiger partial charge on any atom is -0.399 e. The highest BCUT2D eigenvalue weighted by atomic mass is 16.3. The number of anilines is 1. The lowest BCUT2D eigenvalue weighted by molar-refractivity contribution is 0.0523. The molecule has 0 fully saturated rings. The SMILES string of the molecule is Cc1cc(C(O)C(O)C#N)c(C)cc1N. The molecule has 0 radical (unpaired) electrons. The van der Waals surface area contributed by atoms with Gasteiger partial charge >= 0.3 is 0 Å². The fourth-order valence-electron chi connectivity index (χ4n) is 1.42. The number of aliphatic hydroxyl groups is 2. The van der Waals surface area contributed by atoms with Crippen LogP contribution in [0.5, 0.6) is 0 Å². The first-order chi connectivity index (χ1) is 6.97. The zero-order chi connectivity index (χ0) is 11.6. The van der Waals surface area contributed by atoms with Gasteiger partial charge in [-0.05, 0) is 36.6 Å². The molecule has 0 heterocycles. The molecule has 2 atom stereocenters. The van der Waals surface area contributed by atoms with Crippen molar-refractivity contribution in [3.63, 3.8) is 0 Å². The lowest BCUT2D eigenvalue weighted by Crippen LogP contribution is -2.17. The van der Waals surface area contributed by atoms with Crippen molar-refractivity contribution in [2.75, 3.05) is 5.73 Å². The summed E-state index contributed by atoms with van der Waals surface area (Å²) in [5, 5.41) is 27.4. The zero-order valence-corrected chi connectivity index (χ0v) is 8.73. The number of nitrogens with two attached hydrogens (primary N) is 1. The maximum atomic E-state index is 9.67. The minimum absolute atomic E-state index is 0.538. The van der Waals surface area contributed by atoms with E-state index in [2.05, 4.69) is 0 Å². The van der Waals surface area contributed by atoms with Crippen molar-refractivity contribution < 1.29 is 10.2 Å². The number of aryl methyl sites for hydroxylation is 2. The van der Waals surface area contributed by atoms with Crippen LogP contribution < -0.4 is 5.73 Å². The van der Waals surface area contributed by atoms with E-state index < -0.39 is 12.2 Å². The monoisotopic (exact) mass is 206 g/mol. The number of hydrogen-bond donors (Lipinski definition) is 3. The van der Waals surface area contributed by atoms with Crippen molar-refractivity contribution in [1.29, 1.82) is 5.26 Å². The average Bonchev–Trinajstić information content (AvgIpc) is 2.21. The molecule has 0 aliphatic carbocycles. The average molecular weight is 206 g/mol. The number of hydrogen-bond acceptors (Lipinski definition) is 4. The third kappa shape index (κ3) is 2.27. The van der Waals surface area contributed by atoms with Crippen molar-refractivity contribution in [2.45, 2.75) is 26.1 Å². The Morgan fingerprint density at radius 3 is 2.40 bits per heavy atom. The van der Waals surface area contributed by atoms with Gasteiger partial charge in [-0.2, -0.15) is 5.26 Å². The first kappa shape index (κ1) is 11.5. The molecule has 0 aromatic heterocycles. The summed E-state index contributed by atoms with van der Waals surface area (Å²) in [4.78, 5) is 0. The van der Waals surface area contributed by atoms with Crippen molar-refractivity contribution in [2.24, 2.45) is 0 Å². The lowest BCUT2D eigenvalue weighted by atomic mass is 9.97. The molecule has 0 bridgehead atoms. The molecule has 0 saturated heterocycles. The highest BCUT2D eigenvalue weighted by Crippen LogP contribution is 2.25. The Labute approximate surface area is 88.6 Å². The van der Waals surface area contributed by atoms with Crippen LogP contribution in [0.15, 0.2) is 12.1 Å². The summed E-state index contributed by atoms with van der Waals surface area (Å²) in [7, 11) is 0. The molecule has 15 heavy (non-hydrogen) atoms. The molecular formula is C11H14N2O2. The van der Waals surface area contributed by atoms with Gasteiger partial charge in [0.2, 0.25) is 0 Å². The Morgan fingerprint density at radius 1 is 1.27 bits per heavy atom. The summed E-state index contributed by atoms with van der Waals surface area (Å²) in [6.07, 6.45) is -2.60. The molecule has 0 saturated carbocycles. The second-order valence-corrected chi connectivity index (χ2v) is 3.58. The number of aliphatic hydroxyl groups excluding tert-OH is 2. The molecule has 80 valence electrons. The van der Waals surface area contributed by atoms with E-state index in [-0.39, 0.29) is 0 Å². The molecule has 0 aliphatic rings. The molecule has 4 heteroatoms. The Kier molecular flexibility index (Phi) is 3.30.